The Bertz CT molecular complexity index is 383. The van der Waals surface area contributed by atoms with Crippen LogP contribution >= 0.6 is 0 Å². The third kappa shape index (κ3) is 3.53. The van der Waals surface area contributed by atoms with E-state index >= 15 is 0 Å². The largest absolute Gasteiger partial charge is 0.340 e. The molecule has 0 spiro atoms. The molecule has 4 nitrogen and oxygen atoms in total. The van der Waals surface area contributed by atoms with Gasteiger partial charge in [-0.05, 0) is 38.0 Å². The molecule has 0 aliphatic carbocycles. The molecule has 0 radical (unpaired) electrons. The fraction of sp³-hybridized carbons (Fsp3) is 0.571. The Balaban J connectivity index is 1.84. The third-order valence-electron chi connectivity index (χ3n) is 3.29. The van der Waals surface area contributed by atoms with Gasteiger partial charge in [0.15, 0.2) is 0 Å². The van der Waals surface area contributed by atoms with Crippen molar-refractivity contribution in [3.8, 4) is 0 Å². The smallest absolute Gasteiger partial charge is 0.223 e. The van der Waals surface area contributed by atoms with E-state index in [1.54, 1.807) is 12.4 Å². The van der Waals surface area contributed by atoms with Crippen molar-refractivity contribution in [2.24, 2.45) is 0 Å². The van der Waals surface area contributed by atoms with Crippen molar-refractivity contribution in [1.82, 2.24) is 15.2 Å². The Hall–Kier alpha value is -1.42. The van der Waals surface area contributed by atoms with Crippen LogP contribution < -0.4 is 5.32 Å². The molecule has 1 aliphatic rings. The lowest BCUT2D eigenvalue weighted by Gasteiger charge is -2.36. The highest BCUT2D eigenvalue weighted by molar-refractivity contribution is 5.76. The summed E-state index contributed by atoms with van der Waals surface area (Å²) in [5.74, 6) is 0.256. The second kappa shape index (κ2) is 5.96. The van der Waals surface area contributed by atoms with Crippen LogP contribution in [0, 0.1) is 0 Å². The topological polar surface area (TPSA) is 45.2 Å². The summed E-state index contributed by atoms with van der Waals surface area (Å²) in [4.78, 5) is 18.1. The molecule has 0 bridgehead atoms. The standard InChI is InChI=1S/C14H21N3O/c1-11-9-17(10-12(2)16-11)14(18)4-3-13-5-7-15-8-6-13/h5-8,11-12,16H,3-4,9-10H2,1-2H3/t11-,12-/m1/s1. The van der Waals surface area contributed by atoms with Crippen LogP contribution in [0.4, 0.5) is 0 Å². The molecule has 0 saturated carbocycles. The van der Waals surface area contributed by atoms with E-state index in [9.17, 15) is 4.79 Å². The van der Waals surface area contributed by atoms with E-state index in [4.69, 9.17) is 0 Å². The predicted octanol–water partition coefficient (Wildman–Crippen LogP) is 1.22. The lowest BCUT2D eigenvalue weighted by Crippen LogP contribution is -2.55. The maximum absolute atomic E-state index is 12.1. The van der Waals surface area contributed by atoms with Crippen LogP contribution in [0.3, 0.4) is 0 Å². The highest BCUT2D eigenvalue weighted by atomic mass is 16.2. The first-order valence-electron chi connectivity index (χ1n) is 6.58. The third-order valence-corrected chi connectivity index (χ3v) is 3.29. The van der Waals surface area contributed by atoms with E-state index in [1.807, 2.05) is 17.0 Å². The number of rotatable bonds is 3. The summed E-state index contributed by atoms with van der Waals surface area (Å²) in [6.07, 6.45) is 4.93. The highest BCUT2D eigenvalue weighted by Gasteiger charge is 2.24. The highest BCUT2D eigenvalue weighted by Crippen LogP contribution is 2.08. The summed E-state index contributed by atoms with van der Waals surface area (Å²) in [5, 5.41) is 3.44. The van der Waals surface area contributed by atoms with Gasteiger partial charge in [0.25, 0.3) is 0 Å². The van der Waals surface area contributed by atoms with E-state index in [0.29, 0.717) is 18.5 Å². The zero-order valence-corrected chi connectivity index (χ0v) is 11.1. The van der Waals surface area contributed by atoms with Crippen LogP contribution in [0.2, 0.25) is 0 Å². The monoisotopic (exact) mass is 247 g/mol. The van der Waals surface area contributed by atoms with Crippen LogP contribution in [-0.4, -0.2) is 41.0 Å². The van der Waals surface area contributed by atoms with Crippen LogP contribution in [0.1, 0.15) is 25.8 Å². The number of aromatic nitrogens is 1. The average molecular weight is 247 g/mol. The van der Waals surface area contributed by atoms with Crippen LogP contribution in [0.5, 0.6) is 0 Å². The van der Waals surface area contributed by atoms with Gasteiger partial charge in [-0.15, -0.1) is 0 Å². The minimum absolute atomic E-state index is 0.256. The number of carbonyl (C=O) groups excluding carboxylic acids is 1. The van der Waals surface area contributed by atoms with Gasteiger partial charge in [0.1, 0.15) is 0 Å². The fourth-order valence-corrected chi connectivity index (χ4v) is 2.49. The van der Waals surface area contributed by atoms with E-state index in [1.165, 1.54) is 5.56 Å². The molecule has 0 unspecified atom stereocenters. The Kier molecular flexibility index (Phi) is 4.31. The second-order valence-electron chi connectivity index (χ2n) is 5.12. The normalized spacial score (nSPS) is 24.0. The number of aryl methyl sites for hydroxylation is 1. The van der Waals surface area contributed by atoms with E-state index in [2.05, 4.69) is 24.1 Å². The fourth-order valence-electron chi connectivity index (χ4n) is 2.49. The number of amides is 1. The maximum Gasteiger partial charge on any atom is 0.223 e. The molecular formula is C14H21N3O. The molecule has 1 N–H and O–H groups in total. The number of hydrogen-bond donors (Lipinski definition) is 1. The zero-order chi connectivity index (χ0) is 13.0. The predicted molar refractivity (Wildman–Crippen MR) is 71.2 cm³/mol. The summed E-state index contributed by atoms with van der Waals surface area (Å²) in [7, 11) is 0. The van der Waals surface area contributed by atoms with Gasteiger partial charge in [0.05, 0.1) is 0 Å². The number of pyridine rings is 1. The van der Waals surface area contributed by atoms with E-state index in [-0.39, 0.29) is 5.91 Å². The molecule has 98 valence electrons. The molecule has 1 aromatic rings. The summed E-state index contributed by atoms with van der Waals surface area (Å²) in [5.41, 5.74) is 1.18. The molecule has 1 aliphatic heterocycles. The number of hydrogen-bond acceptors (Lipinski definition) is 3. The average Bonchev–Trinajstić information content (AvgIpc) is 2.36. The molecule has 2 atom stereocenters. The van der Waals surface area contributed by atoms with Gasteiger partial charge >= 0.3 is 0 Å². The van der Waals surface area contributed by atoms with Gasteiger partial charge in [-0.25, -0.2) is 0 Å². The molecule has 1 fully saturated rings. The van der Waals surface area contributed by atoms with Crippen molar-refractivity contribution in [3.63, 3.8) is 0 Å². The zero-order valence-electron chi connectivity index (χ0n) is 11.1. The lowest BCUT2D eigenvalue weighted by molar-refractivity contribution is -0.132. The van der Waals surface area contributed by atoms with Gasteiger partial charge in [-0.1, -0.05) is 0 Å². The van der Waals surface area contributed by atoms with Crippen molar-refractivity contribution < 1.29 is 4.79 Å². The quantitative estimate of drug-likeness (QED) is 0.873. The first-order valence-corrected chi connectivity index (χ1v) is 6.58. The van der Waals surface area contributed by atoms with Gasteiger partial charge in [-0.2, -0.15) is 0 Å². The summed E-state index contributed by atoms with van der Waals surface area (Å²) in [6, 6.07) is 4.71. The number of piperazine rings is 1. The van der Waals surface area contributed by atoms with Crippen molar-refractivity contribution in [1.29, 1.82) is 0 Å². The van der Waals surface area contributed by atoms with E-state index in [0.717, 1.165) is 19.5 Å². The SMILES string of the molecule is C[C@@H]1CN(C(=O)CCc2ccncc2)C[C@@H](C)N1. The minimum Gasteiger partial charge on any atom is -0.340 e. The van der Waals surface area contributed by atoms with Crippen LogP contribution in [0.15, 0.2) is 24.5 Å². The van der Waals surface area contributed by atoms with Crippen molar-refractivity contribution >= 4 is 5.91 Å². The van der Waals surface area contributed by atoms with E-state index < -0.39 is 0 Å². The Morgan fingerprint density at radius 2 is 1.94 bits per heavy atom. The first-order chi connectivity index (χ1) is 8.65. The molecular weight excluding hydrogens is 226 g/mol. The van der Waals surface area contributed by atoms with Crippen LogP contribution in [-0.2, 0) is 11.2 Å². The number of nitrogens with one attached hydrogen (secondary N) is 1. The molecule has 2 rings (SSSR count). The minimum atomic E-state index is 0.256. The van der Waals surface area contributed by atoms with Crippen molar-refractivity contribution in [2.75, 3.05) is 13.1 Å². The number of carbonyl (C=O) groups is 1. The molecule has 1 aromatic heterocycles. The Labute approximate surface area is 108 Å². The van der Waals surface area contributed by atoms with Crippen LogP contribution in [0.25, 0.3) is 0 Å². The molecule has 1 saturated heterocycles. The summed E-state index contributed by atoms with van der Waals surface area (Å²) < 4.78 is 0. The Morgan fingerprint density at radius 1 is 1.33 bits per heavy atom. The summed E-state index contributed by atoms with van der Waals surface area (Å²) >= 11 is 0. The molecule has 18 heavy (non-hydrogen) atoms. The Morgan fingerprint density at radius 3 is 2.56 bits per heavy atom. The maximum atomic E-state index is 12.1. The van der Waals surface area contributed by atoms with Gasteiger partial charge in [0, 0.05) is 44.0 Å². The second-order valence-corrected chi connectivity index (χ2v) is 5.12. The molecule has 4 heteroatoms. The van der Waals surface area contributed by atoms with Gasteiger partial charge < -0.3 is 10.2 Å². The molecule has 1 amide bonds. The summed E-state index contributed by atoms with van der Waals surface area (Å²) in [6.45, 7) is 5.89. The lowest BCUT2D eigenvalue weighted by atomic mass is 10.1. The van der Waals surface area contributed by atoms with Crippen molar-refractivity contribution in [2.45, 2.75) is 38.8 Å². The van der Waals surface area contributed by atoms with Gasteiger partial charge in [-0.3, -0.25) is 9.78 Å². The van der Waals surface area contributed by atoms with Crippen molar-refractivity contribution in [3.05, 3.63) is 30.1 Å². The first kappa shape index (κ1) is 13.0. The molecule has 0 aromatic carbocycles. The number of nitrogens with zero attached hydrogens (tertiary/aromatic N) is 2. The molecule has 2 heterocycles. The van der Waals surface area contributed by atoms with Gasteiger partial charge in [0.2, 0.25) is 5.91 Å².